The Labute approximate surface area is 195 Å². The fourth-order valence-corrected chi connectivity index (χ4v) is 4.57. The predicted octanol–water partition coefficient (Wildman–Crippen LogP) is 4.63. The van der Waals surface area contributed by atoms with E-state index in [1.54, 1.807) is 14.2 Å². The topological polar surface area (TPSA) is 72.7 Å². The van der Waals surface area contributed by atoms with Crippen LogP contribution in [0, 0.1) is 0 Å². The van der Waals surface area contributed by atoms with Crippen LogP contribution in [-0.2, 0) is 26.9 Å². The monoisotopic (exact) mass is 450 g/mol. The van der Waals surface area contributed by atoms with Gasteiger partial charge in [-0.15, -0.1) is 0 Å². The zero-order valence-electron chi connectivity index (χ0n) is 20.1. The molecule has 1 aliphatic rings. The molecule has 1 saturated carbocycles. The second kappa shape index (κ2) is 8.84. The van der Waals surface area contributed by atoms with Crippen molar-refractivity contribution in [1.82, 2.24) is 4.57 Å². The summed E-state index contributed by atoms with van der Waals surface area (Å²) in [5.41, 5.74) is 3.34. The van der Waals surface area contributed by atoms with Crippen molar-refractivity contribution in [2.45, 2.75) is 57.1 Å². The molecule has 0 saturated heterocycles. The van der Waals surface area contributed by atoms with E-state index in [9.17, 15) is 9.90 Å². The van der Waals surface area contributed by atoms with Crippen LogP contribution in [0.25, 0.3) is 10.9 Å². The second-order valence-electron chi connectivity index (χ2n) is 10.0. The van der Waals surface area contributed by atoms with Gasteiger partial charge >= 0.3 is 0 Å². The number of aromatic nitrogens is 1. The SMILES string of the molecule is COC[C@H](O)Cn1c(C(C)(C)C)cc2cc(NC(=O)C3(c4cccc(OC)c4)CC3)ccc21. The first kappa shape index (κ1) is 23.3. The van der Waals surface area contributed by atoms with Gasteiger partial charge in [-0.3, -0.25) is 4.79 Å². The van der Waals surface area contributed by atoms with Crippen LogP contribution < -0.4 is 10.1 Å². The molecule has 1 aromatic heterocycles. The summed E-state index contributed by atoms with van der Waals surface area (Å²) in [7, 11) is 3.23. The third-order valence-electron chi connectivity index (χ3n) is 6.49. The van der Waals surface area contributed by atoms with E-state index in [1.807, 2.05) is 42.5 Å². The Morgan fingerprint density at radius 1 is 1.15 bits per heavy atom. The number of benzene rings is 2. The number of rotatable bonds is 8. The molecule has 2 aromatic carbocycles. The largest absolute Gasteiger partial charge is 0.497 e. The lowest BCUT2D eigenvalue weighted by molar-refractivity contribution is -0.118. The minimum atomic E-state index is -0.594. The summed E-state index contributed by atoms with van der Waals surface area (Å²) in [6, 6.07) is 15.9. The number of ether oxygens (including phenoxy) is 2. The predicted molar refractivity (Wildman–Crippen MR) is 131 cm³/mol. The molecule has 1 atom stereocenters. The maximum absolute atomic E-state index is 13.3. The summed E-state index contributed by atoms with van der Waals surface area (Å²) < 4.78 is 12.6. The Hall–Kier alpha value is -2.83. The number of hydrogen-bond donors (Lipinski definition) is 2. The van der Waals surface area contributed by atoms with Gasteiger partial charge < -0.3 is 24.5 Å². The smallest absolute Gasteiger partial charge is 0.235 e. The highest BCUT2D eigenvalue weighted by Gasteiger charge is 2.51. The lowest BCUT2D eigenvalue weighted by Crippen LogP contribution is -2.27. The van der Waals surface area contributed by atoms with Crippen LogP contribution in [0.3, 0.4) is 0 Å². The highest BCUT2D eigenvalue weighted by atomic mass is 16.5. The summed E-state index contributed by atoms with van der Waals surface area (Å²) >= 11 is 0. The summed E-state index contributed by atoms with van der Waals surface area (Å²) in [6.07, 6.45) is 1.07. The van der Waals surface area contributed by atoms with Gasteiger partial charge in [0, 0.05) is 34.8 Å². The van der Waals surface area contributed by atoms with Crippen LogP contribution in [-0.4, -0.2) is 42.5 Å². The van der Waals surface area contributed by atoms with Gasteiger partial charge in [0.1, 0.15) is 5.75 Å². The number of amides is 1. The summed E-state index contributed by atoms with van der Waals surface area (Å²) in [6.45, 7) is 7.22. The molecular weight excluding hydrogens is 416 g/mol. The maximum Gasteiger partial charge on any atom is 0.235 e. The van der Waals surface area contributed by atoms with Crippen LogP contribution in [0.15, 0.2) is 48.5 Å². The number of anilines is 1. The van der Waals surface area contributed by atoms with Crippen LogP contribution in [0.2, 0.25) is 0 Å². The zero-order chi connectivity index (χ0) is 23.8. The average molecular weight is 451 g/mol. The third-order valence-corrected chi connectivity index (χ3v) is 6.49. The van der Waals surface area contributed by atoms with Gasteiger partial charge in [-0.2, -0.15) is 0 Å². The van der Waals surface area contributed by atoms with E-state index in [1.165, 1.54) is 0 Å². The quantitative estimate of drug-likeness (QED) is 0.525. The average Bonchev–Trinajstić information content (AvgIpc) is 3.51. The summed E-state index contributed by atoms with van der Waals surface area (Å²) in [5.74, 6) is 0.779. The van der Waals surface area contributed by atoms with Crippen molar-refractivity contribution in [3.05, 3.63) is 59.8 Å². The molecule has 1 fully saturated rings. The van der Waals surface area contributed by atoms with Crippen LogP contribution in [0.1, 0.15) is 44.9 Å². The van der Waals surface area contributed by atoms with Crippen molar-refractivity contribution in [3.8, 4) is 5.75 Å². The second-order valence-corrected chi connectivity index (χ2v) is 10.0. The molecule has 4 rings (SSSR count). The molecule has 3 aromatic rings. The molecule has 0 unspecified atom stereocenters. The van der Waals surface area contributed by atoms with Gasteiger partial charge in [0.25, 0.3) is 0 Å². The molecule has 1 amide bonds. The van der Waals surface area contributed by atoms with Gasteiger partial charge in [-0.1, -0.05) is 32.9 Å². The maximum atomic E-state index is 13.3. The molecule has 0 bridgehead atoms. The van der Waals surface area contributed by atoms with E-state index in [-0.39, 0.29) is 17.9 Å². The Balaban J connectivity index is 1.62. The zero-order valence-corrected chi connectivity index (χ0v) is 20.1. The van der Waals surface area contributed by atoms with Gasteiger partial charge in [-0.05, 0) is 54.8 Å². The van der Waals surface area contributed by atoms with Gasteiger partial charge in [0.15, 0.2) is 0 Å². The molecule has 1 heterocycles. The molecule has 6 heteroatoms. The Kier molecular flexibility index (Phi) is 6.25. The first-order valence-corrected chi connectivity index (χ1v) is 11.4. The molecule has 176 valence electrons. The minimum Gasteiger partial charge on any atom is -0.497 e. The molecule has 1 aliphatic carbocycles. The number of aliphatic hydroxyl groups is 1. The molecule has 0 radical (unpaired) electrons. The van der Waals surface area contributed by atoms with E-state index >= 15 is 0 Å². The molecule has 6 nitrogen and oxygen atoms in total. The molecule has 2 N–H and O–H groups in total. The number of hydrogen-bond acceptors (Lipinski definition) is 4. The van der Waals surface area contributed by atoms with E-state index in [2.05, 4.69) is 36.7 Å². The van der Waals surface area contributed by atoms with E-state index < -0.39 is 11.5 Å². The fraction of sp³-hybridized carbons (Fsp3) is 0.444. The summed E-state index contributed by atoms with van der Waals surface area (Å²) in [5, 5.41) is 14.6. The number of nitrogens with one attached hydrogen (secondary N) is 1. The number of carbonyl (C=O) groups is 1. The van der Waals surface area contributed by atoms with E-state index in [0.717, 1.165) is 46.4 Å². The van der Waals surface area contributed by atoms with Crippen molar-refractivity contribution < 1.29 is 19.4 Å². The van der Waals surface area contributed by atoms with Gasteiger partial charge in [-0.25, -0.2) is 0 Å². The van der Waals surface area contributed by atoms with Crippen molar-refractivity contribution in [1.29, 1.82) is 0 Å². The lowest BCUT2D eigenvalue weighted by atomic mass is 9.92. The molecule has 0 aliphatic heterocycles. The highest BCUT2D eigenvalue weighted by molar-refractivity contribution is 6.02. The molecule has 33 heavy (non-hydrogen) atoms. The van der Waals surface area contributed by atoms with Gasteiger partial charge in [0.2, 0.25) is 5.91 Å². The Bertz CT molecular complexity index is 1150. The number of methoxy groups -OCH3 is 2. The van der Waals surface area contributed by atoms with Gasteiger partial charge in [0.05, 0.1) is 31.8 Å². The summed E-state index contributed by atoms with van der Waals surface area (Å²) in [4.78, 5) is 13.3. The van der Waals surface area contributed by atoms with Crippen molar-refractivity contribution in [3.63, 3.8) is 0 Å². The fourth-order valence-electron chi connectivity index (χ4n) is 4.57. The van der Waals surface area contributed by atoms with E-state index in [0.29, 0.717) is 6.54 Å². The normalized spacial score (nSPS) is 15.9. The van der Waals surface area contributed by atoms with Crippen molar-refractivity contribution >= 4 is 22.5 Å². The first-order valence-electron chi connectivity index (χ1n) is 11.4. The van der Waals surface area contributed by atoms with Crippen LogP contribution >= 0.6 is 0 Å². The number of nitrogens with zero attached hydrogens (tertiary/aromatic N) is 1. The number of aliphatic hydroxyl groups excluding tert-OH is 1. The number of carbonyl (C=O) groups excluding carboxylic acids is 1. The van der Waals surface area contributed by atoms with Crippen LogP contribution in [0.5, 0.6) is 5.75 Å². The standard InChI is InChI=1S/C27H34N2O4/c1-26(2,3)24-14-18-13-20(9-10-23(18)29(24)16-21(30)17-32-4)28-25(31)27(11-12-27)19-7-6-8-22(15-19)33-5/h6-10,13-15,21,30H,11-12,16-17H2,1-5H3,(H,28,31)/t21-/m1/s1. The first-order chi connectivity index (χ1) is 15.7. The van der Waals surface area contributed by atoms with Crippen LogP contribution in [0.4, 0.5) is 5.69 Å². The lowest BCUT2D eigenvalue weighted by Gasteiger charge is -2.23. The van der Waals surface area contributed by atoms with Crippen molar-refractivity contribution in [2.75, 3.05) is 26.1 Å². The Morgan fingerprint density at radius 3 is 2.55 bits per heavy atom. The molecule has 0 spiro atoms. The number of fused-ring (bicyclic) bond motifs is 1. The van der Waals surface area contributed by atoms with Crippen molar-refractivity contribution in [2.24, 2.45) is 0 Å². The third kappa shape index (κ3) is 4.63. The Morgan fingerprint density at radius 2 is 1.91 bits per heavy atom. The highest BCUT2D eigenvalue weighted by Crippen LogP contribution is 2.49. The minimum absolute atomic E-state index is 0.0149. The molecular formula is C27H34N2O4. The van der Waals surface area contributed by atoms with E-state index in [4.69, 9.17) is 9.47 Å².